The third-order valence-corrected chi connectivity index (χ3v) is 5.94. The molecule has 3 aliphatic rings. The van der Waals surface area contributed by atoms with E-state index >= 15 is 0 Å². The van der Waals surface area contributed by atoms with Gasteiger partial charge in [-0.3, -0.25) is 4.79 Å². The van der Waals surface area contributed by atoms with E-state index in [1.807, 2.05) is 24.3 Å². The van der Waals surface area contributed by atoms with Crippen LogP contribution in [0, 0.1) is 5.92 Å². The highest BCUT2D eigenvalue weighted by Gasteiger charge is 2.67. The number of hydrogen-bond acceptors (Lipinski definition) is 6. The van der Waals surface area contributed by atoms with E-state index in [0.29, 0.717) is 23.5 Å². The predicted octanol–water partition coefficient (Wildman–Crippen LogP) is 3.33. The number of allylic oxidation sites excluding steroid dienone is 2. The molecule has 1 saturated heterocycles. The van der Waals surface area contributed by atoms with Gasteiger partial charge in [0.1, 0.15) is 5.60 Å². The van der Waals surface area contributed by atoms with E-state index in [9.17, 15) is 4.79 Å². The maximum atomic E-state index is 12.7. The zero-order valence-corrected chi connectivity index (χ0v) is 15.8. The van der Waals surface area contributed by atoms with E-state index in [1.54, 1.807) is 20.3 Å². The first-order valence-corrected chi connectivity index (χ1v) is 9.03. The molecule has 0 saturated carbocycles. The minimum Gasteiger partial charge on any atom is -0.454 e. The molecule has 2 aliphatic heterocycles. The van der Waals surface area contributed by atoms with Gasteiger partial charge in [-0.05, 0) is 35.8 Å². The van der Waals surface area contributed by atoms with Crippen molar-refractivity contribution in [3.8, 4) is 11.5 Å². The van der Waals surface area contributed by atoms with Crippen molar-refractivity contribution in [2.24, 2.45) is 5.92 Å². The molecule has 4 rings (SSSR count). The maximum absolute atomic E-state index is 12.7. The van der Waals surface area contributed by atoms with Crippen molar-refractivity contribution in [1.82, 2.24) is 0 Å². The summed E-state index contributed by atoms with van der Waals surface area (Å²) in [4.78, 5) is 12.7. The van der Waals surface area contributed by atoms with Gasteiger partial charge >= 0.3 is 0 Å². The number of ketones is 1. The number of ether oxygens (including phenoxy) is 5. The van der Waals surface area contributed by atoms with Gasteiger partial charge in [0.2, 0.25) is 12.6 Å². The van der Waals surface area contributed by atoms with Gasteiger partial charge < -0.3 is 23.7 Å². The second-order valence-electron chi connectivity index (χ2n) is 7.16. The fourth-order valence-electron chi connectivity index (χ4n) is 4.51. The Morgan fingerprint density at radius 3 is 2.74 bits per heavy atom. The summed E-state index contributed by atoms with van der Waals surface area (Å²) in [6, 6.07) is 5.75. The lowest BCUT2D eigenvalue weighted by atomic mass is 9.72. The molecule has 1 fully saturated rings. The number of carbonyl (C=O) groups excluding carboxylic acids is 1. The molecule has 0 amide bonds. The minimum absolute atomic E-state index is 0.0111. The quantitative estimate of drug-likeness (QED) is 0.739. The first-order valence-electron chi connectivity index (χ1n) is 9.03. The first-order chi connectivity index (χ1) is 13.0. The van der Waals surface area contributed by atoms with Crippen LogP contribution in [0.5, 0.6) is 11.5 Å². The lowest BCUT2D eigenvalue weighted by Gasteiger charge is -2.44. The van der Waals surface area contributed by atoms with Gasteiger partial charge in [-0.25, -0.2) is 0 Å². The molecular formula is C21H24O6. The molecule has 144 valence electrons. The van der Waals surface area contributed by atoms with Crippen molar-refractivity contribution in [3.05, 3.63) is 48.1 Å². The average molecular weight is 372 g/mol. The van der Waals surface area contributed by atoms with E-state index in [4.69, 9.17) is 23.7 Å². The Balaban J connectivity index is 1.79. The molecule has 1 aromatic carbocycles. The second kappa shape index (κ2) is 6.48. The Bertz CT molecular complexity index is 815. The zero-order valence-electron chi connectivity index (χ0n) is 15.8. The Morgan fingerprint density at radius 2 is 2.04 bits per heavy atom. The summed E-state index contributed by atoms with van der Waals surface area (Å²) in [5, 5.41) is 0. The van der Waals surface area contributed by atoms with Crippen LogP contribution in [0.4, 0.5) is 0 Å². The van der Waals surface area contributed by atoms with E-state index in [1.165, 1.54) is 0 Å². The largest absolute Gasteiger partial charge is 0.454 e. The van der Waals surface area contributed by atoms with Gasteiger partial charge in [-0.15, -0.1) is 6.58 Å². The second-order valence-corrected chi connectivity index (χ2v) is 7.16. The molecule has 6 nitrogen and oxygen atoms in total. The van der Waals surface area contributed by atoms with Crippen LogP contribution in [0.15, 0.2) is 42.5 Å². The Kier molecular flexibility index (Phi) is 4.37. The Morgan fingerprint density at radius 1 is 1.26 bits per heavy atom. The van der Waals surface area contributed by atoms with Crippen molar-refractivity contribution < 1.29 is 28.5 Å². The molecule has 2 unspecified atom stereocenters. The molecule has 0 spiro atoms. The number of Topliss-reactive ketones (excluding diaryl/α,β-unsaturated/α-hetero) is 1. The Hall–Kier alpha value is -2.15. The van der Waals surface area contributed by atoms with Crippen molar-refractivity contribution in [2.75, 3.05) is 21.0 Å². The number of carbonyl (C=O) groups is 1. The van der Waals surface area contributed by atoms with Gasteiger partial charge in [0, 0.05) is 20.1 Å². The molecule has 4 atom stereocenters. The van der Waals surface area contributed by atoms with E-state index in [2.05, 4.69) is 13.5 Å². The van der Waals surface area contributed by atoms with Gasteiger partial charge in [0.05, 0.1) is 12.5 Å². The molecule has 0 radical (unpaired) electrons. The predicted molar refractivity (Wildman–Crippen MR) is 97.6 cm³/mol. The molecule has 0 N–H and O–H groups in total. The monoisotopic (exact) mass is 372 g/mol. The fraction of sp³-hybridized carbons (Fsp3) is 0.476. The van der Waals surface area contributed by atoms with Crippen molar-refractivity contribution in [1.29, 1.82) is 0 Å². The third-order valence-electron chi connectivity index (χ3n) is 5.94. The summed E-state index contributed by atoms with van der Waals surface area (Å²) in [5.74, 6) is 0.117. The van der Waals surface area contributed by atoms with Gasteiger partial charge in [0.15, 0.2) is 17.3 Å². The van der Waals surface area contributed by atoms with Crippen molar-refractivity contribution in [3.63, 3.8) is 0 Å². The normalized spacial score (nSPS) is 34.3. The summed E-state index contributed by atoms with van der Waals surface area (Å²) < 4.78 is 29.1. The molecule has 0 aromatic heterocycles. The van der Waals surface area contributed by atoms with Crippen molar-refractivity contribution in [2.45, 2.75) is 37.3 Å². The van der Waals surface area contributed by atoms with Crippen LogP contribution in [-0.2, 0) is 19.0 Å². The topological polar surface area (TPSA) is 63.2 Å². The molecule has 1 aliphatic carbocycles. The average Bonchev–Trinajstić information content (AvgIpc) is 3.24. The van der Waals surface area contributed by atoms with Crippen LogP contribution in [-0.4, -0.2) is 38.2 Å². The van der Waals surface area contributed by atoms with Crippen LogP contribution in [0.3, 0.4) is 0 Å². The lowest BCUT2D eigenvalue weighted by molar-refractivity contribution is -0.274. The molecule has 2 heterocycles. The zero-order chi connectivity index (χ0) is 19.2. The molecule has 27 heavy (non-hydrogen) atoms. The number of hydrogen-bond donors (Lipinski definition) is 0. The molecule has 1 aromatic rings. The number of rotatable bonds is 5. The van der Waals surface area contributed by atoms with Crippen LogP contribution in [0.2, 0.25) is 0 Å². The molecule has 6 heteroatoms. The maximum Gasteiger partial charge on any atom is 0.231 e. The summed E-state index contributed by atoms with van der Waals surface area (Å²) >= 11 is 0. The number of benzene rings is 1. The highest BCUT2D eigenvalue weighted by molar-refractivity contribution is 5.97. The van der Waals surface area contributed by atoms with Crippen molar-refractivity contribution >= 4 is 5.78 Å². The smallest absolute Gasteiger partial charge is 0.231 e. The summed E-state index contributed by atoms with van der Waals surface area (Å²) in [5.41, 5.74) is 0.733. The standard InChI is InChI=1S/C21H24O6/c1-5-6-15-10-20(23-3)13(2)19(27-21(20,24-4)11-16(15)22)14-7-8-17-18(9-14)26-12-25-17/h5,7-10,13,19H,1,6,11-12H2,2-4H3/t13?,19?,20-,21+/m0/s1. The number of fused-ring (bicyclic) bond motifs is 2. The Labute approximate surface area is 158 Å². The van der Waals surface area contributed by atoms with E-state index < -0.39 is 11.4 Å². The summed E-state index contributed by atoms with van der Waals surface area (Å²) in [6.07, 6.45) is 3.87. The minimum atomic E-state index is -1.18. The SMILES string of the molecule is C=CCC1=C[C@]2(OC)C(C)C(c3ccc4c(c3)OCO4)O[C@]2(OC)CC1=O. The van der Waals surface area contributed by atoms with E-state index in [0.717, 1.165) is 5.56 Å². The van der Waals surface area contributed by atoms with Crippen LogP contribution in [0.25, 0.3) is 0 Å². The molecule has 0 bridgehead atoms. The lowest BCUT2D eigenvalue weighted by Crippen LogP contribution is -2.58. The fourth-order valence-corrected chi connectivity index (χ4v) is 4.51. The highest BCUT2D eigenvalue weighted by atomic mass is 16.7. The highest BCUT2D eigenvalue weighted by Crippen LogP contribution is 2.58. The van der Waals surface area contributed by atoms with Gasteiger partial charge in [-0.1, -0.05) is 19.1 Å². The van der Waals surface area contributed by atoms with Crippen LogP contribution in [0.1, 0.15) is 31.4 Å². The van der Waals surface area contributed by atoms with E-state index in [-0.39, 0.29) is 31.0 Å². The van der Waals surface area contributed by atoms with Crippen LogP contribution < -0.4 is 9.47 Å². The summed E-state index contributed by atoms with van der Waals surface area (Å²) in [7, 11) is 3.19. The van der Waals surface area contributed by atoms with Gasteiger partial charge in [0.25, 0.3) is 0 Å². The molecular weight excluding hydrogens is 348 g/mol. The first kappa shape index (κ1) is 18.2. The number of methoxy groups -OCH3 is 2. The van der Waals surface area contributed by atoms with Crippen LogP contribution >= 0.6 is 0 Å². The third kappa shape index (κ3) is 2.47. The van der Waals surface area contributed by atoms with Gasteiger partial charge in [-0.2, -0.15) is 0 Å². The summed E-state index contributed by atoms with van der Waals surface area (Å²) in [6.45, 7) is 6.02.